The van der Waals surface area contributed by atoms with Crippen LogP contribution >= 0.6 is 0 Å². The molecule has 0 aliphatic carbocycles. The number of nitrogens with zero attached hydrogens (tertiary/aromatic N) is 1. The first-order valence-electron chi connectivity index (χ1n) is 5.88. The highest BCUT2D eigenvalue weighted by atomic mass is 16.7. The highest BCUT2D eigenvalue weighted by Crippen LogP contribution is 2.26. The molecule has 0 aromatic heterocycles. The number of methoxy groups -OCH3 is 1. The van der Waals surface area contributed by atoms with E-state index in [-0.39, 0.29) is 6.10 Å². The van der Waals surface area contributed by atoms with Crippen LogP contribution in [0.2, 0.25) is 0 Å². The lowest BCUT2D eigenvalue weighted by Gasteiger charge is -2.36. The van der Waals surface area contributed by atoms with Crippen molar-refractivity contribution in [2.45, 2.75) is 38.0 Å². The number of hydrogen-bond donors (Lipinski definition) is 1. The Kier molecular flexibility index (Phi) is 3.97. The van der Waals surface area contributed by atoms with Crippen LogP contribution in [0.25, 0.3) is 0 Å². The van der Waals surface area contributed by atoms with Gasteiger partial charge < -0.3 is 14.8 Å². The molecule has 0 aromatic rings. The summed E-state index contributed by atoms with van der Waals surface area (Å²) in [5.41, 5.74) is 0. The van der Waals surface area contributed by atoms with E-state index in [1.807, 2.05) is 0 Å². The van der Waals surface area contributed by atoms with Gasteiger partial charge in [0.1, 0.15) is 6.79 Å². The molecular formula is C11H22N2O2. The van der Waals surface area contributed by atoms with Gasteiger partial charge in [-0.15, -0.1) is 0 Å². The molecule has 0 aromatic carbocycles. The molecule has 88 valence electrons. The van der Waals surface area contributed by atoms with Crippen molar-refractivity contribution in [2.24, 2.45) is 0 Å². The van der Waals surface area contributed by atoms with Crippen molar-refractivity contribution in [2.75, 3.05) is 33.5 Å². The maximum atomic E-state index is 5.53. The Morgan fingerprint density at radius 3 is 2.60 bits per heavy atom. The van der Waals surface area contributed by atoms with Gasteiger partial charge in [0, 0.05) is 38.8 Å². The van der Waals surface area contributed by atoms with Crippen LogP contribution in [0.15, 0.2) is 0 Å². The maximum Gasteiger partial charge on any atom is 0.146 e. The molecule has 2 heterocycles. The van der Waals surface area contributed by atoms with Gasteiger partial charge in [0.2, 0.25) is 0 Å². The van der Waals surface area contributed by atoms with E-state index in [2.05, 4.69) is 17.1 Å². The molecule has 0 radical (unpaired) electrons. The summed E-state index contributed by atoms with van der Waals surface area (Å²) < 4.78 is 10.5. The lowest BCUT2D eigenvalue weighted by Crippen LogP contribution is -2.53. The van der Waals surface area contributed by atoms with Crippen LogP contribution in [0.1, 0.15) is 19.8 Å². The van der Waals surface area contributed by atoms with E-state index >= 15 is 0 Å². The van der Waals surface area contributed by atoms with Crippen LogP contribution in [0.4, 0.5) is 0 Å². The van der Waals surface area contributed by atoms with Crippen LogP contribution in [0.3, 0.4) is 0 Å². The van der Waals surface area contributed by atoms with E-state index in [0.29, 0.717) is 6.79 Å². The van der Waals surface area contributed by atoms with Gasteiger partial charge in [0.15, 0.2) is 0 Å². The van der Waals surface area contributed by atoms with Crippen molar-refractivity contribution in [3.05, 3.63) is 0 Å². The van der Waals surface area contributed by atoms with Gasteiger partial charge in [-0.3, -0.25) is 4.90 Å². The number of piperazine rings is 1. The second-order valence-electron chi connectivity index (χ2n) is 4.62. The maximum absolute atomic E-state index is 5.53. The predicted octanol–water partition coefficient (Wildman–Crippen LogP) is 0.432. The SMILES string of the molecule is COCOC(C)CN1C2CCC1CNC2. The van der Waals surface area contributed by atoms with Crippen LogP contribution in [0, 0.1) is 0 Å². The summed E-state index contributed by atoms with van der Waals surface area (Å²) in [4.78, 5) is 2.61. The van der Waals surface area contributed by atoms with E-state index in [4.69, 9.17) is 9.47 Å². The van der Waals surface area contributed by atoms with Gasteiger partial charge in [0.25, 0.3) is 0 Å². The van der Waals surface area contributed by atoms with E-state index in [9.17, 15) is 0 Å². The summed E-state index contributed by atoms with van der Waals surface area (Å²) in [7, 11) is 1.67. The van der Waals surface area contributed by atoms with Crippen molar-refractivity contribution < 1.29 is 9.47 Å². The Labute approximate surface area is 91.9 Å². The van der Waals surface area contributed by atoms with Gasteiger partial charge >= 0.3 is 0 Å². The Morgan fingerprint density at radius 1 is 1.33 bits per heavy atom. The van der Waals surface area contributed by atoms with E-state index in [0.717, 1.165) is 31.7 Å². The lowest BCUT2D eigenvalue weighted by atomic mass is 10.2. The van der Waals surface area contributed by atoms with Gasteiger partial charge in [-0.25, -0.2) is 0 Å². The van der Waals surface area contributed by atoms with E-state index < -0.39 is 0 Å². The van der Waals surface area contributed by atoms with Crippen molar-refractivity contribution >= 4 is 0 Å². The molecule has 2 bridgehead atoms. The van der Waals surface area contributed by atoms with Crippen molar-refractivity contribution in [1.29, 1.82) is 0 Å². The first-order valence-corrected chi connectivity index (χ1v) is 5.88. The topological polar surface area (TPSA) is 33.7 Å². The lowest BCUT2D eigenvalue weighted by molar-refractivity contribution is -0.0786. The normalized spacial score (nSPS) is 33.2. The highest BCUT2D eigenvalue weighted by Gasteiger charge is 2.36. The summed E-state index contributed by atoms with van der Waals surface area (Å²) in [6, 6.07) is 1.47. The smallest absolute Gasteiger partial charge is 0.146 e. The minimum atomic E-state index is 0.270. The monoisotopic (exact) mass is 214 g/mol. The fourth-order valence-corrected chi connectivity index (χ4v) is 2.70. The van der Waals surface area contributed by atoms with E-state index in [1.54, 1.807) is 7.11 Å². The Hall–Kier alpha value is -0.160. The first kappa shape index (κ1) is 11.3. The summed E-state index contributed by atoms with van der Waals surface area (Å²) in [6.07, 6.45) is 2.95. The third-order valence-corrected chi connectivity index (χ3v) is 3.47. The molecule has 15 heavy (non-hydrogen) atoms. The van der Waals surface area contributed by atoms with Crippen molar-refractivity contribution in [3.63, 3.8) is 0 Å². The van der Waals surface area contributed by atoms with Crippen molar-refractivity contribution in [3.8, 4) is 0 Å². The van der Waals surface area contributed by atoms with Crippen LogP contribution in [-0.4, -0.2) is 56.6 Å². The predicted molar refractivity (Wildman–Crippen MR) is 58.8 cm³/mol. The fourth-order valence-electron chi connectivity index (χ4n) is 2.70. The molecular weight excluding hydrogens is 192 g/mol. The molecule has 2 aliphatic heterocycles. The second kappa shape index (κ2) is 5.25. The van der Waals surface area contributed by atoms with Crippen LogP contribution in [0.5, 0.6) is 0 Å². The van der Waals surface area contributed by atoms with Crippen molar-refractivity contribution in [1.82, 2.24) is 10.2 Å². The molecule has 3 atom stereocenters. The third kappa shape index (κ3) is 2.69. The van der Waals surface area contributed by atoms with Gasteiger partial charge in [-0.2, -0.15) is 0 Å². The second-order valence-corrected chi connectivity index (χ2v) is 4.62. The number of fused-ring (bicyclic) bond motifs is 2. The number of ether oxygens (including phenoxy) is 2. The highest BCUT2D eigenvalue weighted by molar-refractivity contribution is 4.94. The molecule has 2 rings (SSSR count). The summed E-state index contributed by atoms with van der Waals surface area (Å²) in [5, 5.41) is 3.49. The average Bonchev–Trinajstić information content (AvgIpc) is 2.50. The quantitative estimate of drug-likeness (QED) is 0.673. The molecule has 2 saturated heterocycles. The van der Waals surface area contributed by atoms with E-state index in [1.165, 1.54) is 12.8 Å². The molecule has 0 spiro atoms. The first-order chi connectivity index (χ1) is 7.31. The Morgan fingerprint density at radius 2 is 2.00 bits per heavy atom. The molecule has 2 aliphatic rings. The third-order valence-electron chi connectivity index (χ3n) is 3.47. The fraction of sp³-hybridized carbons (Fsp3) is 1.00. The standard InChI is InChI=1S/C11H22N2O2/c1-9(15-8-14-2)7-13-10-3-4-11(13)6-12-5-10/h9-12H,3-8H2,1-2H3. The largest absolute Gasteiger partial charge is 0.359 e. The Balaban J connectivity index is 1.78. The van der Waals surface area contributed by atoms with Gasteiger partial charge in [-0.05, 0) is 19.8 Å². The number of hydrogen-bond acceptors (Lipinski definition) is 4. The zero-order valence-corrected chi connectivity index (χ0v) is 9.74. The minimum Gasteiger partial charge on any atom is -0.359 e. The summed E-state index contributed by atoms with van der Waals surface area (Å²) >= 11 is 0. The van der Waals surface area contributed by atoms with Crippen LogP contribution < -0.4 is 5.32 Å². The zero-order chi connectivity index (χ0) is 10.7. The molecule has 4 heteroatoms. The average molecular weight is 214 g/mol. The summed E-state index contributed by atoms with van der Waals surface area (Å²) in [6.45, 7) is 5.87. The molecule has 0 amide bonds. The zero-order valence-electron chi connectivity index (χ0n) is 9.74. The van der Waals surface area contributed by atoms with Gasteiger partial charge in [-0.1, -0.05) is 0 Å². The number of rotatable bonds is 5. The van der Waals surface area contributed by atoms with Crippen LogP contribution in [-0.2, 0) is 9.47 Å². The summed E-state index contributed by atoms with van der Waals surface area (Å²) in [5.74, 6) is 0. The number of nitrogens with one attached hydrogen (secondary N) is 1. The molecule has 3 unspecified atom stereocenters. The Bertz CT molecular complexity index is 185. The molecule has 0 saturated carbocycles. The van der Waals surface area contributed by atoms with Gasteiger partial charge in [0.05, 0.1) is 6.10 Å². The molecule has 1 N–H and O–H groups in total. The molecule has 2 fully saturated rings. The molecule has 4 nitrogen and oxygen atoms in total. The minimum absolute atomic E-state index is 0.270.